The molecule has 1 aliphatic rings. The van der Waals surface area contributed by atoms with Gasteiger partial charge in [-0.15, -0.1) is 0 Å². The first kappa shape index (κ1) is 11.5. The van der Waals surface area contributed by atoms with Gasteiger partial charge in [0, 0.05) is 17.4 Å². The number of rotatable bonds is 4. The Balaban J connectivity index is 1.82. The second-order valence-electron chi connectivity index (χ2n) is 4.75. The quantitative estimate of drug-likeness (QED) is 0.885. The van der Waals surface area contributed by atoms with E-state index >= 15 is 0 Å². The maximum atomic E-state index is 5.94. The minimum Gasteiger partial charge on any atom is -0.377 e. The molecule has 1 aromatic carbocycles. The van der Waals surface area contributed by atoms with Crippen molar-refractivity contribution in [3.63, 3.8) is 0 Å². The Bertz CT molecular complexity index is 506. The van der Waals surface area contributed by atoms with E-state index in [0.29, 0.717) is 6.04 Å². The van der Waals surface area contributed by atoms with Crippen molar-refractivity contribution in [3.05, 3.63) is 59.4 Å². The zero-order valence-corrected chi connectivity index (χ0v) is 10.8. The van der Waals surface area contributed by atoms with Crippen molar-refractivity contribution in [1.29, 1.82) is 0 Å². The fraction of sp³-hybridized carbons (Fsp3) is 0.267. The number of anilines is 1. The van der Waals surface area contributed by atoms with Gasteiger partial charge in [0.2, 0.25) is 0 Å². The molecule has 1 N–H and O–H groups in total. The van der Waals surface area contributed by atoms with Crippen LogP contribution in [-0.2, 0) is 0 Å². The number of hydrogen-bond donors (Lipinski definition) is 1. The van der Waals surface area contributed by atoms with E-state index in [1.54, 1.807) is 6.20 Å². The monoisotopic (exact) mass is 258 g/mol. The van der Waals surface area contributed by atoms with Crippen LogP contribution in [0.1, 0.15) is 24.4 Å². The van der Waals surface area contributed by atoms with Crippen LogP contribution in [0.15, 0.2) is 48.8 Å². The van der Waals surface area contributed by atoms with Gasteiger partial charge in [0.1, 0.15) is 0 Å². The van der Waals surface area contributed by atoms with Gasteiger partial charge in [0.15, 0.2) is 0 Å². The van der Waals surface area contributed by atoms with Gasteiger partial charge in [0.25, 0.3) is 0 Å². The third-order valence-electron chi connectivity index (χ3n) is 3.31. The predicted molar refractivity (Wildman–Crippen MR) is 74.8 cm³/mol. The number of halogens is 1. The highest BCUT2D eigenvalue weighted by Gasteiger charge is 2.32. The lowest BCUT2D eigenvalue weighted by Gasteiger charge is -2.20. The molecule has 2 nitrogen and oxygen atoms in total. The van der Waals surface area contributed by atoms with Crippen molar-refractivity contribution < 1.29 is 0 Å². The maximum Gasteiger partial charge on any atom is 0.0542 e. The smallest absolute Gasteiger partial charge is 0.0542 e. The molecule has 1 heterocycles. The highest BCUT2D eigenvalue weighted by molar-refractivity contribution is 6.30. The van der Waals surface area contributed by atoms with Gasteiger partial charge in [-0.3, -0.25) is 4.98 Å². The minimum absolute atomic E-state index is 0.367. The summed E-state index contributed by atoms with van der Waals surface area (Å²) in [6, 6.07) is 12.5. The van der Waals surface area contributed by atoms with Crippen LogP contribution in [0.3, 0.4) is 0 Å². The van der Waals surface area contributed by atoms with Crippen LogP contribution in [0.5, 0.6) is 0 Å². The third kappa shape index (κ3) is 2.65. The minimum atomic E-state index is 0.367. The molecule has 92 valence electrons. The summed E-state index contributed by atoms with van der Waals surface area (Å²) in [6.45, 7) is 0. The average Bonchev–Trinajstić information content (AvgIpc) is 3.23. The summed E-state index contributed by atoms with van der Waals surface area (Å²) in [5.74, 6) is 0.728. The molecule has 0 spiro atoms. The van der Waals surface area contributed by atoms with Crippen LogP contribution in [0.4, 0.5) is 5.69 Å². The van der Waals surface area contributed by atoms with E-state index < -0.39 is 0 Å². The van der Waals surface area contributed by atoms with Crippen LogP contribution in [-0.4, -0.2) is 4.98 Å². The highest BCUT2D eigenvalue weighted by atomic mass is 35.5. The lowest BCUT2D eigenvalue weighted by Crippen LogP contribution is -2.12. The van der Waals surface area contributed by atoms with E-state index in [1.807, 2.05) is 24.4 Å². The van der Waals surface area contributed by atoms with Gasteiger partial charge in [-0.1, -0.05) is 23.7 Å². The van der Waals surface area contributed by atoms with Crippen molar-refractivity contribution in [2.24, 2.45) is 5.92 Å². The zero-order valence-electron chi connectivity index (χ0n) is 10.0. The van der Waals surface area contributed by atoms with E-state index in [0.717, 1.165) is 16.6 Å². The predicted octanol–water partition coefficient (Wildman–Crippen LogP) is 4.30. The summed E-state index contributed by atoms with van der Waals surface area (Å²) in [4.78, 5) is 4.14. The molecular weight excluding hydrogens is 244 g/mol. The van der Waals surface area contributed by atoms with E-state index in [2.05, 4.69) is 28.5 Å². The zero-order chi connectivity index (χ0) is 12.4. The van der Waals surface area contributed by atoms with Gasteiger partial charge in [0.05, 0.1) is 11.7 Å². The molecule has 1 unspecified atom stereocenters. The number of benzene rings is 1. The van der Waals surface area contributed by atoms with Crippen molar-refractivity contribution in [2.45, 2.75) is 18.9 Å². The summed E-state index contributed by atoms with van der Waals surface area (Å²) in [6.07, 6.45) is 6.24. The van der Waals surface area contributed by atoms with Gasteiger partial charge in [-0.05, 0) is 48.6 Å². The fourth-order valence-electron chi connectivity index (χ4n) is 2.20. The molecule has 1 aliphatic carbocycles. The first-order valence-corrected chi connectivity index (χ1v) is 6.63. The molecule has 0 radical (unpaired) electrons. The van der Waals surface area contributed by atoms with Crippen LogP contribution < -0.4 is 5.32 Å². The molecule has 1 aromatic heterocycles. The topological polar surface area (TPSA) is 24.9 Å². The highest BCUT2D eigenvalue weighted by Crippen LogP contribution is 2.42. The number of nitrogens with zero attached hydrogens (tertiary/aromatic N) is 1. The maximum absolute atomic E-state index is 5.94. The van der Waals surface area contributed by atoms with Crippen molar-refractivity contribution in [3.8, 4) is 0 Å². The molecule has 3 heteroatoms. The van der Waals surface area contributed by atoms with Crippen LogP contribution in [0.25, 0.3) is 0 Å². The molecule has 3 rings (SSSR count). The summed E-state index contributed by atoms with van der Waals surface area (Å²) < 4.78 is 0. The van der Waals surface area contributed by atoms with Gasteiger partial charge in [-0.2, -0.15) is 0 Å². The molecule has 0 aliphatic heterocycles. The first-order valence-electron chi connectivity index (χ1n) is 6.25. The van der Waals surface area contributed by atoms with Gasteiger partial charge in [-0.25, -0.2) is 0 Å². The molecular formula is C15H15ClN2. The second-order valence-corrected chi connectivity index (χ2v) is 5.19. The van der Waals surface area contributed by atoms with Gasteiger partial charge >= 0.3 is 0 Å². The van der Waals surface area contributed by atoms with Crippen LogP contribution in [0, 0.1) is 5.92 Å². The molecule has 1 fully saturated rings. The molecule has 0 saturated heterocycles. The Morgan fingerprint density at radius 1 is 1.17 bits per heavy atom. The van der Waals surface area contributed by atoms with Gasteiger partial charge < -0.3 is 5.32 Å². The Morgan fingerprint density at radius 2 is 1.94 bits per heavy atom. The third-order valence-corrected chi connectivity index (χ3v) is 3.56. The van der Waals surface area contributed by atoms with Crippen molar-refractivity contribution in [2.75, 3.05) is 5.32 Å². The van der Waals surface area contributed by atoms with E-state index in [1.165, 1.54) is 18.4 Å². The summed E-state index contributed by atoms with van der Waals surface area (Å²) in [7, 11) is 0. The second kappa shape index (κ2) is 4.99. The molecule has 0 amide bonds. The lowest BCUT2D eigenvalue weighted by atomic mass is 10.0. The number of aromatic nitrogens is 1. The Kier molecular flexibility index (Phi) is 3.20. The Hall–Kier alpha value is -1.54. The molecule has 1 atom stereocenters. The first-order chi connectivity index (χ1) is 8.83. The van der Waals surface area contributed by atoms with Crippen LogP contribution >= 0.6 is 11.6 Å². The standard InChI is InChI=1S/C15H15ClN2/c16-13-7-5-12(6-8-13)15(11-3-4-11)18-14-2-1-9-17-10-14/h1-2,5-11,15,18H,3-4H2. The summed E-state index contributed by atoms with van der Waals surface area (Å²) in [5, 5.41) is 4.36. The number of pyridine rings is 1. The Labute approximate surface area is 112 Å². The van der Waals surface area contributed by atoms with E-state index in [9.17, 15) is 0 Å². The van der Waals surface area contributed by atoms with Crippen molar-refractivity contribution >= 4 is 17.3 Å². The molecule has 2 aromatic rings. The average molecular weight is 259 g/mol. The van der Waals surface area contributed by atoms with E-state index in [-0.39, 0.29) is 0 Å². The van der Waals surface area contributed by atoms with E-state index in [4.69, 9.17) is 11.6 Å². The molecule has 0 bridgehead atoms. The number of nitrogens with one attached hydrogen (secondary N) is 1. The Morgan fingerprint density at radius 3 is 2.56 bits per heavy atom. The fourth-order valence-corrected chi connectivity index (χ4v) is 2.33. The normalized spacial score (nSPS) is 16.3. The molecule has 18 heavy (non-hydrogen) atoms. The van der Waals surface area contributed by atoms with Crippen LogP contribution in [0.2, 0.25) is 5.02 Å². The SMILES string of the molecule is Clc1ccc(C(Nc2cccnc2)C2CC2)cc1. The summed E-state index contributed by atoms with van der Waals surface area (Å²) in [5.41, 5.74) is 2.37. The largest absolute Gasteiger partial charge is 0.377 e. The van der Waals surface area contributed by atoms with Crippen molar-refractivity contribution in [1.82, 2.24) is 4.98 Å². The molecule has 1 saturated carbocycles. The summed E-state index contributed by atoms with van der Waals surface area (Å²) >= 11 is 5.94. The lowest BCUT2D eigenvalue weighted by molar-refractivity contribution is 0.678. The number of hydrogen-bond acceptors (Lipinski definition) is 2.